The van der Waals surface area contributed by atoms with Crippen LogP contribution in [0.1, 0.15) is 37.9 Å². The number of amides is 3. The van der Waals surface area contributed by atoms with Gasteiger partial charge in [0.1, 0.15) is 0 Å². The molecule has 128 valence electrons. The summed E-state index contributed by atoms with van der Waals surface area (Å²) in [4.78, 5) is 36.3. The number of imide groups is 1. The molecule has 6 heteroatoms. The van der Waals surface area contributed by atoms with Crippen LogP contribution < -0.4 is 10.6 Å². The molecule has 0 radical (unpaired) electrons. The van der Waals surface area contributed by atoms with Crippen LogP contribution in [0, 0.1) is 5.92 Å². The Morgan fingerprint density at radius 2 is 1.96 bits per heavy atom. The molecule has 1 aromatic rings. The zero-order valence-electron chi connectivity index (χ0n) is 13.7. The van der Waals surface area contributed by atoms with Crippen LogP contribution in [-0.4, -0.2) is 24.5 Å². The van der Waals surface area contributed by atoms with Gasteiger partial charge in [-0.15, -0.1) is 0 Å². The maximum absolute atomic E-state index is 12.4. The Bertz CT molecular complexity index is 613. The third-order valence-corrected chi connectivity index (χ3v) is 3.75. The average Bonchev–Trinajstić information content (AvgIpc) is 2.61. The van der Waals surface area contributed by atoms with Crippen LogP contribution >= 0.6 is 0 Å². The van der Waals surface area contributed by atoms with Crippen molar-refractivity contribution in [3.8, 4) is 0 Å². The lowest BCUT2D eigenvalue weighted by molar-refractivity contribution is -0.160. The molecular formula is C18H22N2O4. The minimum Gasteiger partial charge on any atom is -0.447 e. The second kappa shape index (κ2) is 8.86. The quantitative estimate of drug-likeness (QED) is 0.641. The number of carbonyl (C=O) groups excluding carboxylic acids is 3. The van der Waals surface area contributed by atoms with E-state index in [-0.39, 0.29) is 5.92 Å². The number of rotatable bonds is 5. The summed E-state index contributed by atoms with van der Waals surface area (Å²) < 4.78 is 5.45. The molecule has 2 N–H and O–H groups in total. The molecule has 0 saturated heterocycles. The molecule has 0 spiro atoms. The molecule has 0 aromatic heterocycles. The van der Waals surface area contributed by atoms with E-state index in [1.54, 1.807) is 37.3 Å². The van der Waals surface area contributed by atoms with Gasteiger partial charge in [-0.05, 0) is 26.2 Å². The summed E-state index contributed by atoms with van der Waals surface area (Å²) >= 11 is 0. The summed E-state index contributed by atoms with van der Waals surface area (Å²) in [5.74, 6) is -1.33. The first-order valence-corrected chi connectivity index (χ1v) is 8.11. The Morgan fingerprint density at radius 3 is 2.58 bits per heavy atom. The van der Waals surface area contributed by atoms with Crippen LogP contribution in [-0.2, 0) is 14.3 Å². The number of hydrogen-bond acceptors (Lipinski definition) is 4. The highest BCUT2D eigenvalue weighted by atomic mass is 16.5. The smallest absolute Gasteiger partial charge is 0.321 e. The molecule has 0 bridgehead atoms. The van der Waals surface area contributed by atoms with Gasteiger partial charge in [0.05, 0.1) is 5.92 Å². The molecule has 0 aliphatic heterocycles. The number of carbonyl (C=O) groups is 3. The minimum atomic E-state index is -1.15. The number of benzene rings is 1. The van der Waals surface area contributed by atoms with Crippen molar-refractivity contribution in [2.75, 3.05) is 6.54 Å². The molecule has 0 heterocycles. The van der Waals surface area contributed by atoms with Crippen LogP contribution in [0.2, 0.25) is 0 Å². The SMILES string of the molecule is CCNC(=O)NC(=O)[C@@H](OC(=O)[C@H]1CC=CCC1)c1ccccc1. The average molecular weight is 330 g/mol. The van der Waals surface area contributed by atoms with Crippen molar-refractivity contribution in [2.24, 2.45) is 5.92 Å². The van der Waals surface area contributed by atoms with Crippen LogP contribution in [0.3, 0.4) is 0 Å². The fourth-order valence-corrected chi connectivity index (χ4v) is 2.50. The highest BCUT2D eigenvalue weighted by Crippen LogP contribution is 2.24. The van der Waals surface area contributed by atoms with Crippen molar-refractivity contribution in [2.45, 2.75) is 32.3 Å². The van der Waals surface area contributed by atoms with E-state index in [4.69, 9.17) is 4.74 Å². The molecule has 0 unspecified atom stereocenters. The van der Waals surface area contributed by atoms with Gasteiger partial charge < -0.3 is 10.1 Å². The summed E-state index contributed by atoms with van der Waals surface area (Å²) in [6.45, 7) is 2.14. The fraction of sp³-hybridized carbons (Fsp3) is 0.389. The van der Waals surface area contributed by atoms with Crippen molar-refractivity contribution >= 4 is 17.9 Å². The molecule has 24 heavy (non-hydrogen) atoms. The Morgan fingerprint density at radius 1 is 1.21 bits per heavy atom. The molecule has 0 saturated carbocycles. The van der Waals surface area contributed by atoms with Crippen LogP contribution in [0.15, 0.2) is 42.5 Å². The van der Waals surface area contributed by atoms with E-state index in [1.165, 1.54) is 0 Å². The van der Waals surface area contributed by atoms with Gasteiger partial charge in [0.25, 0.3) is 5.91 Å². The van der Waals surface area contributed by atoms with Crippen molar-refractivity contribution < 1.29 is 19.1 Å². The summed E-state index contributed by atoms with van der Waals surface area (Å²) in [6.07, 6.45) is 4.96. The van der Waals surface area contributed by atoms with Crippen molar-refractivity contribution in [1.82, 2.24) is 10.6 Å². The lowest BCUT2D eigenvalue weighted by Crippen LogP contribution is -2.43. The van der Waals surface area contributed by atoms with Gasteiger partial charge in [-0.3, -0.25) is 14.9 Å². The minimum absolute atomic E-state index is 0.251. The van der Waals surface area contributed by atoms with Gasteiger partial charge in [-0.1, -0.05) is 42.5 Å². The molecule has 1 aliphatic rings. The topological polar surface area (TPSA) is 84.5 Å². The third kappa shape index (κ3) is 4.94. The normalized spacial score (nSPS) is 17.6. The number of nitrogens with one attached hydrogen (secondary N) is 2. The van der Waals surface area contributed by atoms with Crippen molar-refractivity contribution in [3.05, 3.63) is 48.0 Å². The fourth-order valence-electron chi connectivity index (χ4n) is 2.50. The van der Waals surface area contributed by atoms with Gasteiger partial charge in [0, 0.05) is 12.1 Å². The van der Waals surface area contributed by atoms with Gasteiger partial charge in [0.2, 0.25) is 6.10 Å². The first-order valence-electron chi connectivity index (χ1n) is 8.11. The number of urea groups is 1. The van der Waals surface area contributed by atoms with E-state index < -0.39 is 24.0 Å². The zero-order valence-corrected chi connectivity index (χ0v) is 13.7. The van der Waals surface area contributed by atoms with E-state index in [2.05, 4.69) is 10.6 Å². The van der Waals surface area contributed by atoms with Gasteiger partial charge >= 0.3 is 12.0 Å². The Hall–Kier alpha value is -2.63. The van der Waals surface area contributed by atoms with E-state index in [1.807, 2.05) is 12.2 Å². The van der Waals surface area contributed by atoms with Crippen molar-refractivity contribution in [3.63, 3.8) is 0 Å². The number of allylic oxidation sites excluding steroid dienone is 2. The third-order valence-electron chi connectivity index (χ3n) is 3.75. The maximum Gasteiger partial charge on any atom is 0.321 e. The predicted molar refractivity (Wildman–Crippen MR) is 89.0 cm³/mol. The van der Waals surface area contributed by atoms with Gasteiger partial charge in [0.15, 0.2) is 0 Å². The second-order valence-corrected chi connectivity index (χ2v) is 5.56. The molecule has 2 rings (SSSR count). The monoisotopic (exact) mass is 330 g/mol. The van der Waals surface area contributed by atoms with E-state index in [0.717, 1.165) is 6.42 Å². The largest absolute Gasteiger partial charge is 0.447 e. The van der Waals surface area contributed by atoms with Gasteiger partial charge in [-0.2, -0.15) is 0 Å². The molecule has 2 atom stereocenters. The Kier molecular flexibility index (Phi) is 6.54. The lowest BCUT2D eigenvalue weighted by Gasteiger charge is -2.22. The summed E-state index contributed by atoms with van der Waals surface area (Å²) in [6, 6.07) is 8.07. The van der Waals surface area contributed by atoms with E-state index in [9.17, 15) is 14.4 Å². The second-order valence-electron chi connectivity index (χ2n) is 5.56. The lowest BCUT2D eigenvalue weighted by atomic mass is 9.94. The molecular weight excluding hydrogens is 308 g/mol. The molecule has 3 amide bonds. The molecule has 1 aromatic carbocycles. The maximum atomic E-state index is 12.4. The first-order chi connectivity index (χ1) is 11.6. The van der Waals surface area contributed by atoms with Crippen LogP contribution in [0.5, 0.6) is 0 Å². The number of esters is 1. The predicted octanol–water partition coefficient (Wildman–Crippen LogP) is 2.47. The van der Waals surface area contributed by atoms with Crippen LogP contribution in [0.4, 0.5) is 4.79 Å². The highest BCUT2D eigenvalue weighted by Gasteiger charge is 2.29. The molecule has 0 fully saturated rings. The molecule has 1 aliphatic carbocycles. The highest BCUT2D eigenvalue weighted by molar-refractivity contribution is 5.97. The Labute approximate surface area is 141 Å². The summed E-state index contributed by atoms with van der Waals surface area (Å²) in [5, 5.41) is 4.69. The zero-order chi connectivity index (χ0) is 17.4. The van der Waals surface area contributed by atoms with Gasteiger partial charge in [-0.25, -0.2) is 4.79 Å². The number of hydrogen-bond donors (Lipinski definition) is 2. The summed E-state index contributed by atoms with van der Waals surface area (Å²) in [7, 11) is 0. The van der Waals surface area contributed by atoms with E-state index >= 15 is 0 Å². The standard InChI is InChI=1S/C18H22N2O4/c1-2-19-18(23)20-16(21)15(13-9-5-3-6-10-13)24-17(22)14-11-7-4-8-12-14/h3-7,9-10,14-15H,2,8,11-12H2,1H3,(H2,19,20,21,23)/t14-,15-/m0/s1. The van der Waals surface area contributed by atoms with Crippen LogP contribution in [0.25, 0.3) is 0 Å². The first kappa shape index (κ1) is 17.7. The molecule has 6 nitrogen and oxygen atoms in total. The number of ether oxygens (including phenoxy) is 1. The van der Waals surface area contributed by atoms with Crippen molar-refractivity contribution in [1.29, 1.82) is 0 Å². The Balaban J connectivity index is 2.11. The summed E-state index contributed by atoms with van der Waals surface area (Å²) in [5.41, 5.74) is 0.527. The van der Waals surface area contributed by atoms with E-state index in [0.29, 0.717) is 24.9 Å².